The summed E-state index contributed by atoms with van der Waals surface area (Å²) in [7, 11) is 0. The van der Waals surface area contributed by atoms with E-state index in [1.54, 1.807) is 0 Å². The Morgan fingerprint density at radius 1 is 1.24 bits per heavy atom. The van der Waals surface area contributed by atoms with Crippen LogP contribution in [0.2, 0.25) is 0 Å². The first kappa shape index (κ1) is 13.3. The van der Waals surface area contributed by atoms with Crippen LogP contribution in [0.5, 0.6) is 0 Å². The molecule has 1 N–H and O–H groups in total. The average molecular weight is 344 g/mol. The van der Waals surface area contributed by atoms with E-state index in [4.69, 9.17) is 0 Å². The van der Waals surface area contributed by atoms with Crippen molar-refractivity contribution < 1.29 is 5.11 Å². The van der Waals surface area contributed by atoms with Crippen molar-refractivity contribution in [1.82, 2.24) is 0 Å². The van der Waals surface area contributed by atoms with Crippen LogP contribution in [0.1, 0.15) is 51.0 Å². The minimum atomic E-state index is -0.660. The predicted molar refractivity (Wildman–Crippen MR) is 79.9 cm³/mol. The highest BCUT2D eigenvalue weighted by Crippen LogP contribution is 2.34. The van der Waals surface area contributed by atoms with Gasteiger partial charge in [-0.05, 0) is 66.0 Å². The largest absolute Gasteiger partial charge is 0.385 e. The van der Waals surface area contributed by atoms with Gasteiger partial charge in [-0.3, -0.25) is 0 Å². The van der Waals surface area contributed by atoms with Gasteiger partial charge in [0.25, 0.3) is 0 Å². The van der Waals surface area contributed by atoms with E-state index in [9.17, 15) is 5.11 Å². The van der Waals surface area contributed by atoms with E-state index in [-0.39, 0.29) is 0 Å². The van der Waals surface area contributed by atoms with Gasteiger partial charge in [0.1, 0.15) is 0 Å². The van der Waals surface area contributed by atoms with Crippen molar-refractivity contribution in [3.8, 4) is 0 Å². The lowest BCUT2D eigenvalue weighted by Gasteiger charge is -2.25. The minimum Gasteiger partial charge on any atom is -0.385 e. The summed E-state index contributed by atoms with van der Waals surface area (Å²) in [6, 6.07) is 8.24. The molecular weight excluding hydrogens is 323 g/mol. The molecule has 1 unspecified atom stereocenters. The summed E-state index contributed by atoms with van der Waals surface area (Å²) in [6.45, 7) is 1.95. The first-order chi connectivity index (χ1) is 8.08. The standard InChI is InChI=1S/C15H21IO/c1-15(17,11-10-12-4-2-3-5-12)13-6-8-14(16)9-7-13/h6-9,12,17H,2-5,10-11H2,1H3. The van der Waals surface area contributed by atoms with Gasteiger partial charge in [-0.25, -0.2) is 0 Å². The quantitative estimate of drug-likeness (QED) is 0.799. The van der Waals surface area contributed by atoms with Crippen LogP contribution >= 0.6 is 22.6 Å². The topological polar surface area (TPSA) is 20.2 Å². The van der Waals surface area contributed by atoms with Crippen LogP contribution in [0.25, 0.3) is 0 Å². The third-order valence-electron chi connectivity index (χ3n) is 3.98. The zero-order valence-electron chi connectivity index (χ0n) is 10.5. The number of aliphatic hydroxyl groups is 1. The molecule has 0 aliphatic heterocycles. The van der Waals surface area contributed by atoms with Crippen LogP contribution in [0.15, 0.2) is 24.3 Å². The third-order valence-corrected chi connectivity index (χ3v) is 4.70. The Balaban J connectivity index is 1.94. The summed E-state index contributed by atoms with van der Waals surface area (Å²) in [5.41, 5.74) is 0.392. The van der Waals surface area contributed by atoms with Gasteiger partial charge in [-0.15, -0.1) is 0 Å². The predicted octanol–water partition coefficient (Wildman–Crippen LogP) is 4.47. The summed E-state index contributed by atoms with van der Waals surface area (Å²) in [6.07, 6.45) is 7.55. The van der Waals surface area contributed by atoms with Gasteiger partial charge in [0.2, 0.25) is 0 Å². The van der Waals surface area contributed by atoms with Crippen molar-refractivity contribution in [3.63, 3.8) is 0 Å². The molecule has 1 aliphatic carbocycles. The third kappa shape index (κ3) is 3.68. The van der Waals surface area contributed by atoms with Crippen molar-refractivity contribution in [2.75, 3.05) is 0 Å². The second kappa shape index (κ2) is 5.70. The lowest BCUT2D eigenvalue weighted by molar-refractivity contribution is 0.0409. The molecule has 0 spiro atoms. The second-order valence-electron chi connectivity index (χ2n) is 5.47. The van der Waals surface area contributed by atoms with Gasteiger partial charge in [0, 0.05) is 3.57 Å². The normalized spacial score (nSPS) is 20.4. The summed E-state index contributed by atoms with van der Waals surface area (Å²) < 4.78 is 1.22. The first-order valence-corrected chi connectivity index (χ1v) is 7.64. The summed E-state index contributed by atoms with van der Waals surface area (Å²) in [5.74, 6) is 0.852. The monoisotopic (exact) mass is 344 g/mol. The first-order valence-electron chi connectivity index (χ1n) is 6.56. The summed E-state index contributed by atoms with van der Waals surface area (Å²) >= 11 is 2.30. The van der Waals surface area contributed by atoms with Crippen molar-refractivity contribution >= 4 is 22.6 Å². The van der Waals surface area contributed by atoms with Gasteiger partial charge in [0.15, 0.2) is 0 Å². The molecule has 1 saturated carbocycles. The van der Waals surface area contributed by atoms with Gasteiger partial charge < -0.3 is 5.11 Å². The highest BCUT2D eigenvalue weighted by molar-refractivity contribution is 14.1. The van der Waals surface area contributed by atoms with Gasteiger partial charge in [-0.2, -0.15) is 0 Å². The number of rotatable bonds is 4. The summed E-state index contributed by atoms with van der Waals surface area (Å²) in [5, 5.41) is 10.5. The highest BCUT2D eigenvalue weighted by atomic mass is 127. The Bertz CT molecular complexity index is 350. The Kier molecular flexibility index (Phi) is 4.47. The molecule has 0 radical (unpaired) electrons. The van der Waals surface area contributed by atoms with Gasteiger partial charge >= 0.3 is 0 Å². The fourth-order valence-electron chi connectivity index (χ4n) is 2.74. The molecule has 1 aromatic rings. The van der Waals surface area contributed by atoms with E-state index < -0.39 is 5.60 Å². The molecule has 0 aromatic heterocycles. The van der Waals surface area contributed by atoms with Gasteiger partial charge in [0.05, 0.1) is 5.60 Å². The second-order valence-corrected chi connectivity index (χ2v) is 6.72. The fraction of sp³-hybridized carbons (Fsp3) is 0.600. The Morgan fingerprint density at radius 2 is 1.82 bits per heavy atom. The summed E-state index contributed by atoms with van der Waals surface area (Å²) in [4.78, 5) is 0. The van der Waals surface area contributed by atoms with E-state index in [1.165, 1.54) is 35.7 Å². The minimum absolute atomic E-state index is 0.660. The maximum Gasteiger partial charge on any atom is 0.0868 e. The molecule has 94 valence electrons. The smallest absolute Gasteiger partial charge is 0.0868 e. The maximum absolute atomic E-state index is 10.5. The van der Waals surface area contributed by atoms with E-state index >= 15 is 0 Å². The van der Waals surface area contributed by atoms with E-state index in [1.807, 2.05) is 6.92 Å². The molecule has 2 rings (SSSR count). The van der Waals surface area contributed by atoms with Crippen molar-refractivity contribution in [1.29, 1.82) is 0 Å². The molecule has 0 bridgehead atoms. The van der Waals surface area contributed by atoms with Crippen LogP contribution in [-0.4, -0.2) is 5.11 Å². The molecule has 1 aliphatic rings. The van der Waals surface area contributed by atoms with Crippen molar-refractivity contribution in [2.24, 2.45) is 5.92 Å². The molecule has 1 fully saturated rings. The lowest BCUT2D eigenvalue weighted by atomic mass is 9.87. The van der Waals surface area contributed by atoms with E-state index in [0.717, 1.165) is 17.9 Å². The number of hydrogen-bond donors (Lipinski definition) is 1. The molecule has 0 heterocycles. The van der Waals surface area contributed by atoms with Crippen LogP contribution in [0.3, 0.4) is 0 Å². The van der Waals surface area contributed by atoms with Crippen molar-refractivity contribution in [2.45, 2.75) is 51.0 Å². The Hall–Kier alpha value is -0.0900. The van der Waals surface area contributed by atoms with Crippen LogP contribution < -0.4 is 0 Å². The number of benzene rings is 1. The molecule has 1 nitrogen and oxygen atoms in total. The zero-order valence-corrected chi connectivity index (χ0v) is 12.6. The molecule has 0 saturated heterocycles. The number of halogens is 1. The maximum atomic E-state index is 10.5. The molecule has 17 heavy (non-hydrogen) atoms. The fourth-order valence-corrected chi connectivity index (χ4v) is 3.10. The molecular formula is C15H21IO. The number of hydrogen-bond acceptors (Lipinski definition) is 1. The Labute approximate surface area is 118 Å². The Morgan fingerprint density at radius 3 is 2.41 bits per heavy atom. The van der Waals surface area contributed by atoms with Crippen LogP contribution in [0.4, 0.5) is 0 Å². The molecule has 1 atom stereocenters. The van der Waals surface area contributed by atoms with E-state index in [0.29, 0.717) is 0 Å². The lowest BCUT2D eigenvalue weighted by Crippen LogP contribution is -2.22. The molecule has 1 aromatic carbocycles. The van der Waals surface area contributed by atoms with Gasteiger partial charge in [-0.1, -0.05) is 37.8 Å². The molecule has 2 heteroatoms. The van der Waals surface area contributed by atoms with E-state index in [2.05, 4.69) is 46.9 Å². The van der Waals surface area contributed by atoms with Crippen molar-refractivity contribution in [3.05, 3.63) is 33.4 Å². The zero-order chi connectivity index (χ0) is 12.3. The highest BCUT2D eigenvalue weighted by Gasteiger charge is 2.25. The SMILES string of the molecule is CC(O)(CCC1CCCC1)c1ccc(I)cc1. The van der Waals surface area contributed by atoms with Crippen LogP contribution in [-0.2, 0) is 5.60 Å². The average Bonchev–Trinajstić information content (AvgIpc) is 2.80. The molecule has 0 amide bonds. The van der Waals surface area contributed by atoms with Crippen LogP contribution in [0, 0.1) is 9.49 Å².